The SMILES string of the molecule is Oc1c(Br)c(Br)c(Br)c(Br)c1Br.[Na+]. The van der Waals surface area contributed by atoms with Gasteiger partial charge in [0.1, 0.15) is 5.75 Å². The van der Waals surface area contributed by atoms with Gasteiger partial charge in [-0.1, -0.05) is 0 Å². The fourth-order valence-electron chi connectivity index (χ4n) is 0.593. The molecule has 0 radical (unpaired) electrons. The van der Waals surface area contributed by atoms with E-state index in [-0.39, 0.29) is 35.3 Å². The molecule has 0 aromatic heterocycles. The van der Waals surface area contributed by atoms with Crippen LogP contribution in [0.3, 0.4) is 0 Å². The molecule has 0 spiro atoms. The van der Waals surface area contributed by atoms with Crippen LogP contribution < -0.4 is 29.6 Å². The van der Waals surface area contributed by atoms with Crippen molar-refractivity contribution in [1.82, 2.24) is 0 Å². The van der Waals surface area contributed by atoms with Gasteiger partial charge >= 0.3 is 29.6 Å². The fraction of sp³-hybridized carbons (Fsp3) is 0. The average molecular weight is 512 g/mol. The molecule has 0 aliphatic rings. The van der Waals surface area contributed by atoms with Crippen LogP contribution in [0.4, 0.5) is 0 Å². The van der Waals surface area contributed by atoms with Crippen LogP contribution >= 0.6 is 79.6 Å². The Bertz CT molecular complexity index is 235. The van der Waals surface area contributed by atoms with Crippen molar-refractivity contribution in [3.63, 3.8) is 0 Å². The van der Waals surface area contributed by atoms with Gasteiger partial charge in [0.2, 0.25) is 0 Å². The molecule has 0 aliphatic carbocycles. The Kier molecular flexibility index (Phi) is 7.39. The minimum absolute atomic E-state index is 0. The second-order valence-electron chi connectivity index (χ2n) is 1.92. The molecule has 1 aromatic carbocycles. The number of phenolic OH excluding ortho intramolecular Hbond substituents is 1. The van der Waals surface area contributed by atoms with Crippen molar-refractivity contribution in [2.45, 2.75) is 0 Å². The summed E-state index contributed by atoms with van der Waals surface area (Å²) in [6.07, 6.45) is 0. The third-order valence-electron chi connectivity index (χ3n) is 1.19. The topological polar surface area (TPSA) is 20.2 Å². The molecule has 1 nitrogen and oxygen atoms in total. The first-order chi connectivity index (χ1) is 5.46. The third-order valence-corrected chi connectivity index (χ3v) is 7.24. The van der Waals surface area contributed by atoms with Gasteiger partial charge in [0.05, 0.1) is 17.9 Å². The van der Waals surface area contributed by atoms with Gasteiger partial charge in [0.15, 0.2) is 0 Å². The van der Waals surface area contributed by atoms with Crippen LogP contribution in [-0.2, 0) is 0 Å². The van der Waals surface area contributed by atoms with Crippen LogP contribution in [0.5, 0.6) is 5.75 Å². The Hall–Kier alpha value is 2.42. The van der Waals surface area contributed by atoms with Crippen molar-refractivity contribution in [1.29, 1.82) is 0 Å². The van der Waals surface area contributed by atoms with Crippen LogP contribution in [0.25, 0.3) is 0 Å². The smallest absolute Gasteiger partial charge is 0.505 e. The molecule has 7 heteroatoms. The van der Waals surface area contributed by atoms with Gasteiger partial charge < -0.3 is 5.11 Å². The van der Waals surface area contributed by atoms with Gasteiger partial charge in [-0.2, -0.15) is 0 Å². The van der Waals surface area contributed by atoms with Gasteiger partial charge in [-0.15, -0.1) is 0 Å². The van der Waals surface area contributed by atoms with Crippen LogP contribution in [0.1, 0.15) is 0 Å². The number of hydrogen-bond donors (Lipinski definition) is 1. The standard InChI is InChI=1S/C6HBr5O.Na/c7-1-2(8)4(10)6(12)5(11)3(1)9;/h12H;/q;+1. The molecule has 0 saturated heterocycles. The molecular formula is C6HBr5NaO+. The van der Waals surface area contributed by atoms with E-state index < -0.39 is 0 Å². The Balaban J connectivity index is 0.00000144. The minimum Gasteiger partial charge on any atom is -0.505 e. The van der Waals surface area contributed by atoms with E-state index in [1.807, 2.05) is 0 Å². The molecular weight excluding hydrogens is 511 g/mol. The molecule has 0 heterocycles. The van der Waals surface area contributed by atoms with E-state index in [1.54, 1.807) is 0 Å². The normalized spacial score (nSPS) is 9.62. The first-order valence-electron chi connectivity index (χ1n) is 2.67. The van der Waals surface area contributed by atoms with E-state index in [4.69, 9.17) is 0 Å². The monoisotopic (exact) mass is 507 g/mol. The summed E-state index contributed by atoms with van der Waals surface area (Å²) in [5.41, 5.74) is 0. The summed E-state index contributed by atoms with van der Waals surface area (Å²) in [5, 5.41) is 9.52. The Morgan fingerprint density at radius 3 is 1.15 bits per heavy atom. The Morgan fingerprint density at radius 2 is 0.846 bits per heavy atom. The maximum absolute atomic E-state index is 9.52. The van der Waals surface area contributed by atoms with E-state index in [1.165, 1.54) is 0 Å². The molecule has 66 valence electrons. The van der Waals surface area contributed by atoms with Crippen molar-refractivity contribution in [3.8, 4) is 5.75 Å². The van der Waals surface area contributed by atoms with Gasteiger partial charge in [-0.3, -0.25) is 0 Å². The molecule has 13 heavy (non-hydrogen) atoms. The zero-order valence-corrected chi connectivity index (χ0v) is 16.3. The quantitative estimate of drug-likeness (QED) is 0.322. The molecule has 1 rings (SSSR count). The van der Waals surface area contributed by atoms with E-state index in [9.17, 15) is 5.11 Å². The summed E-state index contributed by atoms with van der Waals surface area (Å²) in [6, 6.07) is 0. The molecule has 1 aromatic rings. The fourth-order valence-corrected chi connectivity index (χ4v) is 3.62. The second-order valence-corrected chi connectivity index (χ2v) is 5.88. The maximum Gasteiger partial charge on any atom is 1.00 e. The van der Waals surface area contributed by atoms with E-state index in [2.05, 4.69) is 79.6 Å². The number of phenols is 1. The molecule has 0 fully saturated rings. The van der Waals surface area contributed by atoms with Crippen molar-refractivity contribution < 1.29 is 34.7 Å². The molecule has 1 N–H and O–H groups in total. The van der Waals surface area contributed by atoms with E-state index >= 15 is 0 Å². The van der Waals surface area contributed by atoms with Crippen molar-refractivity contribution in [2.24, 2.45) is 0 Å². The van der Waals surface area contributed by atoms with Gasteiger partial charge in [-0.05, 0) is 79.6 Å². The van der Waals surface area contributed by atoms with Crippen molar-refractivity contribution in [3.05, 3.63) is 22.4 Å². The van der Waals surface area contributed by atoms with Crippen LogP contribution in [-0.4, -0.2) is 5.11 Å². The van der Waals surface area contributed by atoms with Crippen molar-refractivity contribution in [2.75, 3.05) is 0 Å². The molecule has 0 aliphatic heterocycles. The van der Waals surface area contributed by atoms with E-state index in [0.29, 0.717) is 8.95 Å². The summed E-state index contributed by atoms with van der Waals surface area (Å²) in [6.45, 7) is 0. The number of rotatable bonds is 0. The minimum atomic E-state index is 0. The Labute approximate surface area is 140 Å². The number of halogens is 5. The number of aromatic hydroxyl groups is 1. The van der Waals surface area contributed by atoms with Gasteiger partial charge in [0.25, 0.3) is 0 Å². The zero-order chi connectivity index (χ0) is 9.46. The first-order valence-corrected chi connectivity index (χ1v) is 6.63. The predicted molar refractivity (Wildman–Crippen MR) is 66.6 cm³/mol. The largest absolute Gasteiger partial charge is 1.00 e. The van der Waals surface area contributed by atoms with Gasteiger partial charge in [0, 0.05) is 4.47 Å². The number of benzene rings is 1. The Morgan fingerprint density at radius 1 is 0.615 bits per heavy atom. The van der Waals surface area contributed by atoms with Crippen LogP contribution in [0.15, 0.2) is 22.4 Å². The average Bonchev–Trinajstić information content (AvgIpc) is 2.08. The third kappa shape index (κ3) is 3.19. The first kappa shape index (κ1) is 15.4. The summed E-state index contributed by atoms with van der Waals surface area (Å²) in [7, 11) is 0. The van der Waals surface area contributed by atoms with Gasteiger partial charge in [-0.25, -0.2) is 0 Å². The number of hydrogen-bond acceptors (Lipinski definition) is 1. The molecule has 0 amide bonds. The van der Waals surface area contributed by atoms with E-state index in [0.717, 1.165) is 13.4 Å². The van der Waals surface area contributed by atoms with Crippen LogP contribution in [0, 0.1) is 0 Å². The second kappa shape index (κ2) is 6.23. The zero-order valence-electron chi connectivity index (χ0n) is 6.34. The summed E-state index contributed by atoms with van der Waals surface area (Å²) in [5.74, 6) is 0.164. The summed E-state index contributed by atoms with van der Waals surface area (Å²) < 4.78 is 3.62. The predicted octanol–water partition coefficient (Wildman–Crippen LogP) is 2.21. The maximum atomic E-state index is 9.52. The molecule has 0 unspecified atom stereocenters. The molecule has 0 atom stereocenters. The molecule has 0 saturated carbocycles. The van der Waals surface area contributed by atoms with Crippen LogP contribution in [0.2, 0.25) is 0 Å². The molecule has 0 bridgehead atoms. The summed E-state index contributed by atoms with van der Waals surface area (Å²) >= 11 is 16.4. The van der Waals surface area contributed by atoms with Crippen molar-refractivity contribution >= 4 is 79.6 Å². The summed E-state index contributed by atoms with van der Waals surface area (Å²) in [4.78, 5) is 0.